The Morgan fingerprint density at radius 3 is 2.33 bits per heavy atom. The monoisotopic (exact) mass is 177 g/mol. The molecule has 0 aromatic heterocycles. The number of alkyl halides is 2. The molecule has 1 saturated carbocycles. The second-order valence-corrected chi connectivity index (χ2v) is 3.14. The molecular weight excluding hydrogens is 164 g/mol. The summed E-state index contributed by atoms with van der Waals surface area (Å²) >= 11 is 0. The summed E-state index contributed by atoms with van der Waals surface area (Å²) in [5.74, 6) is -0.655. The molecule has 1 aliphatic carbocycles. The van der Waals surface area contributed by atoms with Crippen molar-refractivity contribution in [2.45, 2.75) is 38.7 Å². The molecule has 4 heteroatoms. The molecule has 0 unspecified atom stereocenters. The van der Waals surface area contributed by atoms with Crippen molar-refractivity contribution in [3.8, 4) is 0 Å². The van der Waals surface area contributed by atoms with Gasteiger partial charge >= 0.3 is 6.55 Å². The van der Waals surface area contributed by atoms with Crippen molar-refractivity contribution in [3.05, 3.63) is 0 Å². The van der Waals surface area contributed by atoms with Crippen molar-refractivity contribution in [1.82, 2.24) is 5.32 Å². The molecule has 0 radical (unpaired) electrons. The van der Waals surface area contributed by atoms with Crippen LogP contribution in [0, 0.1) is 5.92 Å². The van der Waals surface area contributed by atoms with E-state index in [0.717, 1.165) is 32.1 Å². The van der Waals surface area contributed by atoms with Gasteiger partial charge in [-0.2, -0.15) is 8.78 Å². The highest BCUT2D eigenvalue weighted by molar-refractivity contribution is 5.78. The number of nitrogens with one attached hydrogen (secondary N) is 1. The molecule has 0 saturated heterocycles. The van der Waals surface area contributed by atoms with Crippen LogP contribution in [-0.2, 0) is 4.79 Å². The maximum Gasteiger partial charge on any atom is 0.315 e. The van der Waals surface area contributed by atoms with Gasteiger partial charge in [-0.15, -0.1) is 0 Å². The van der Waals surface area contributed by atoms with Crippen molar-refractivity contribution in [2.75, 3.05) is 0 Å². The fraction of sp³-hybridized carbons (Fsp3) is 0.875. The van der Waals surface area contributed by atoms with Crippen molar-refractivity contribution in [1.29, 1.82) is 0 Å². The van der Waals surface area contributed by atoms with Gasteiger partial charge in [0.05, 0.1) is 0 Å². The largest absolute Gasteiger partial charge is 0.315 e. The molecule has 0 aromatic carbocycles. The lowest BCUT2D eigenvalue weighted by molar-refractivity contribution is -0.129. The van der Waals surface area contributed by atoms with E-state index in [0.29, 0.717) is 0 Å². The molecule has 1 fully saturated rings. The van der Waals surface area contributed by atoms with Gasteiger partial charge in [0.2, 0.25) is 5.91 Å². The summed E-state index contributed by atoms with van der Waals surface area (Å²) in [5.41, 5.74) is 0. The first-order valence-electron chi connectivity index (χ1n) is 4.28. The first kappa shape index (κ1) is 9.42. The van der Waals surface area contributed by atoms with Crippen LogP contribution in [0.25, 0.3) is 0 Å². The number of amides is 1. The molecule has 0 aromatic rings. The van der Waals surface area contributed by atoms with E-state index in [4.69, 9.17) is 0 Å². The molecule has 1 N–H and O–H groups in total. The van der Waals surface area contributed by atoms with Gasteiger partial charge in [0.15, 0.2) is 0 Å². The van der Waals surface area contributed by atoms with Gasteiger partial charge in [-0.25, -0.2) is 0 Å². The number of hydrogen-bond donors (Lipinski definition) is 1. The minimum atomic E-state index is -2.71. The molecule has 0 aliphatic heterocycles. The highest BCUT2D eigenvalue weighted by Gasteiger charge is 2.22. The zero-order chi connectivity index (χ0) is 8.97. The Labute approximate surface area is 70.3 Å². The third-order valence-corrected chi connectivity index (χ3v) is 2.23. The van der Waals surface area contributed by atoms with Crippen LogP contribution in [0.15, 0.2) is 0 Å². The van der Waals surface area contributed by atoms with Crippen molar-refractivity contribution in [3.63, 3.8) is 0 Å². The van der Waals surface area contributed by atoms with E-state index < -0.39 is 12.5 Å². The SMILES string of the molecule is O=C(NC(F)F)C1CCCCC1. The van der Waals surface area contributed by atoms with Crippen LogP contribution < -0.4 is 5.32 Å². The Morgan fingerprint density at radius 1 is 1.25 bits per heavy atom. The molecule has 1 amide bonds. The van der Waals surface area contributed by atoms with Crippen LogP contribution in [0.3, 0.4) is 0 Å². The molecule has 1 rings (SSSR count). The summed E-state index contributed by atoms with van der Waals surface area (Å²) in [5, 5.41) is 1.64. The average molecular weight is 177 g/mol. The third-order valence-electron chi connectivity index (χ3n) is 2.23. The van der Waals surface area contributed by atoms with Crippen molar-refractivity contribution < 1.29 is 13.6 Å². The number of carbonyl (C=O) groups excluding carboxylic acids is 1. The minimum absolute atomic E-state index is 0.173. The number of halogens is 2. The van der Waals surface area contributed by atoms with Crippen molar-refractivity contribution >= 4 is 5.91 Å². The lowest BCUT2D eigenvalue weighted by atomic mass is 9.89. The lowest BCUT2D eigenvalue weighted by Gasteiger charge is -2.20. The molecule has 12 heavy (non-hydrogen) atoms. The highest BCUT2D eigenvalue weighted by Crippen LogP contribution is 2.23. The Hall–Kier alpha value is -0.670. The molecule has 70 valence electrons. The van der Waals surface area contributed by atoms with Gasteiger partial charge in [0.1, 0.15) is 0 Å². The average Bonchev–Trinajstić information content (AvgIpc) is 2.05. The predicted molar refractivity (Wildman–Crippen MR) is 40.7 cm³/mol. The normalized spacial score (nSPS) is 19.6. The number of hydrogen-bond acceptors (Lipinski definition) is 1. The molecule has 1 aliphatic rings. The second kappa shape index (κ2) is 4.38. The quantitative estimate of drug-likeness (QED) is 0.641. The second-order valence-electron chi connectivity index (χ2n) is 3.14. The van der Waals surface area contributed by atoms with Crippen molar-refractivity contribution in [2.24, 2.45) is 5.92 Å². The first-order chi connectivity index (χ1) is 5.70. The molecule has 0 spiro atoms. The van der Waals surface area contributed by atoms with Crippen LogP contribution >= 0.6 is 0 Å². The Bertz CT molecular complexity index is 155. The smallest absolute Gasteiger partial charge is 0.300 e. The molecule has 0 bridgehead atoms. The Morgan fingerprint density at radius 2 is 1.83 bits per heavy atom. The van der Waals surface area contributed by atoms with Crippen LogP contribution in [0.2, 0.25) is 0 Å². The van der Waals surface area contributed by atoms with Crippen LogP contribution in [0.1, 0.15) is 32.1 Å². The van der Waals surface area contributed by atoms with Gasteiger partial charge in [-0.3, -0.25) is 10.1 Å². The van der Waals surface area contributed by atoms with E-state index in [1.807, 2.05) is 0 Å². The van der Waals surface area contributed by atoms with Gasteiger partial charge in [0, 0.05) is 5.92 Å². The first-order valence-corrected chi connectivity index (χ1v) is 4.28. The summed E-state index contributed by atoms with van der Waals surface area (Å²) in [4.78, 5) is 11.0. The van der Waals surface area contributed by atoms with E-state index in [9.17, 15) is 13.6 Å². The lowest BCUT2D eigenvalue weighted by Crippen LogP contribution is -2.35. The summed E-state index contributed by atoms with van der Waals surface area (Å²) in [6.07, 6.45) is 4.62. The van der Waals surface area contributed by atoms with Crippen LogP contribution in [-0.4, -0.2) is 12.5 Å². The van der Waals surface area contributed by atoms with Gasteiger partial charge in [-0.1, -0.05) is 19.3 Å². The molecule has 0 atom stereocenters. The maximum absolute atomic E-state index is 11.7. The summed E-state index contributed by atoms with van der Waals surface area (Å²) in [6.45, 7) is -2.71. The molecule has 0 heterocycles. The van der Waals surface area contributed by atoms with E-state index in [1.165, 1.54) is 0 Å². The van der Waals surface area contributed by atoms with E-state index >= 15 is 0 Å². The van der Waals surface area contributed by atoms with E-state index in [-0.39, 0.29) is 5.92 Å². The molecular formula is C8H13F2NO. The predicted octanol–water partition coefficient (Wildman–Crippen LogP) is 1.91. The van der Waals surface area contributed by atoms with Gasteiger partial charge in [0.25, 0.3) is 0 Å². The van der Waals surface area contributed by atoms with Crippen LogP contribution in [0.4, 0.5) is 8.78 Å². The summed E-state index contributed by atoms with van der Waals surface area (Å²) < 4.78 is 23.4. The zero-order valence-corrected chi connectivity index (χ0v) is 6.85. The Balaban J connectivity index is 2.30. The summed E-state index contributed by atoms with van der Waals surface area (Å²) in [7, 11) is 0. The minimum Gasteiger partial charge on any atom is -0.300 e. The van der Waals surface area contributed by atoms with E-state index in [2.05, 4.69) is 0 Å². The topological polar surface area (TPSA) is 29.1 Å². The number of carbonyl (C=O) groups is 1. The van der Waals surface area contributed by atoms with Gasteiger partial charge < -0.3 is 0 Å². The highest BCUT2D eigenvalue weighted by atomic mass is 19.3. The Kier molecular flexibility index (Phi) is 3.44. The fourth-order valence-corrected chi connectivity index (χ4v) is 1.59. The zero-order valence-electron chi connectivity index (χ0n) is 6.85. The number of rotatable bonds is 2. The fourth-order valence-electron chi connectivity index (χ4n) is 1.59. The van der Waals surface area contributed by atoms with Crippen LogP contribution in [0.5, 0.6) is 0 Å². The third kappa shape index (κ3) is 2.75. The van der Waals surface area contributed by atoms with Gasteiger partial charge in [-0.05, 0) is 12.8 Å². The maximum atomic E-state index is 11.7. The molecule has 2 nitrogen and oxygen atoms in total. The van der Waals surface area contributed by atoms with E-state index in [1.54, 1.807) is 5.32 Å². The standard InChI is InChI=1S/C8H13F2NO/c9-8(10)11-7(12)6-4-2-1-3-5-6/h6,8H,1-5H2,(H,11,12). The summed E-state index contributed by atoms with van der Waals surface area (Å²) in [6, 6.07) is 0.